The van der Waals surface area contributed by atoms with Gasteiger partial charge in [-0.1, -0.05) is 25.6 Å². The Balaban J connectivity index is 4.23. The van der Waals surface area contributed by atoms with Crippen LogP contribution in [0.4, 0.5) is 0 Å². The van der Waals surface area contributed by atoms with E-state index in [0.29, 0.717) is 0 Å². The van der Waals surface area contributed by atoms with E-state index in [2.05, 4.69) is 16.2 Å². The quantitative estimate of drug-likeness (QED) is 0.366. The number of methoxy groups -OCH3 is 1. The molecule has 0 aliphatic heterocycles. The molecule has 0 aliphatic rings. The third-order valence-corrected chi connectivity index (χ3v) is 1.90. The van der Waals surface area contributed by atoms with Gasteiger partial charge in [0.25, 0.3) is 0 Å². The summed E-state index contributed by atoms with van der Waals surface area (Å²) < 4.78 is 4.30. The van der Waals surface area contributed by atoms with Crippen molar-refractivity contribution in [3.05, 3.63) is 0 Å². The molecule has 0 aromatic carbocycles. The van der Waals surface area contributed by atoms with Crippen molar-refractivity contribution in [3.8, 4) is 11.5 Å². The van der Waals surface area contributed by atoms with Gasteiger partial charge >= 0.3 is 5.97 Å². The minimum atomic E-state index is -1.51. The van der Waals surface area contributed by atoms with E-state index < -0.39 is 20.1 Å². The van der Waals surface area contributed by atoms with Gasteiger partial charge in [0.15, 0.2) is 0 Å². The number of aliphatic hydroxyl groups excluding tert-OH is 1. The smallest absolute Gasteiger partial charge is 0.347 e. The van der Waals surface area contributed by atoms with Crippen molar-refractivity contribution < 1.29 is 14.6 Å². The van der Waals surface area contributed by atoms with Crippen LogP contribution in [0.3, 0.4) is 0 Å². The number of ether oxygens (including phenoxy) is 1. The van der Waals surface area contributed by atoms with E-state index >= 15 is 0 Å². The first-order chi connectivity index (χ1) is 5.37. The summed E-state index contributed by atoms with van der Waals surface area (Å²) >= 11 is 0. The molecule has 3 nitrogen and oxygen atoms in total. The van der Waals surface area contributed by atoms with E-state index in [1.165, 1.54) is 7.11 Å². The molecule has 0 heterocycles. The molecule has 68 valence electrons. The molecule has 0 saturated carbocycles. The maximum absolute atomic E-state index is 10.7. The largest absolute Gasteiger partial charge is 0.466 e. The maximum Gasteiger partial charge on any atom is 0.347 e. The van der Waals surface area contributed by atoms with Crippen LogP contribution in [0, 0.1) is 11.5 Å². The molecule has 0 aromatic rings. The van der Waals surface area contributed by atoms with E-state index in [4.69, 9.17) is 5.11 Å². The highest BCUT2D eigenvalue weighted by molar-refractivity contribution is 6.83. The zero-order chi connectivity index (χ0) is 9.78. The second kappa shape index (κ2) is 4.29. The summed E-state index contributed by atoms with van der Waals surface area (Å²) in [4.78, 5) is 10.7. The van der Waals surface area contributed by atoms with E-state index in [0.717, 1.165) is 0 Å². The molecule has 12 heavy (non-hydrogen) atoms. The van der Waals surface area contributed by atoms with Crippen molar-refractivity contribution in [1.82, 2.24) is 0 Å². The number of hydrogen-bond donors (Lipinski definition) is 1. The minimum Gasteiger partial charge on any atom is -0.466 e. The minimum absolute atomic E-state index is 0.694. The highest BCUT2D eigenvalue weighted by Gasteiger charge is 2.13. The molecule has 1 N–H and O–H groups in total. The summed E-state index contributed by atoms with van der Waals surface area (Å²) in [7, 11) is -0.284. The van der Waals surface area contributed by atoms with Crippen molar-refractivity contribution in [1.29, 1.82) is 0 Å². The zero-order valence-electron chi connectivity index (χ0n) is 7.84. The van der Waals surface area contributed by atoms with Crippen LogP contribution in [0.25, 0.3) is 0 Å². The highest BCUT2D eigenvalue weighted by atomic mass is 28.3. The Morgan fingerprint density at radius 2 is 2.00 bits per heavy atom. The molecule has 0 aromatic heterocycles. The number of aliphatic hydroxyl groups is 1. The van der Waals surface area contributed by atoms with Gasteiger partial charge < -0.3 is 9.84 Å². The molecular formula is C8H14O3Si. The summed E-state index contributed by atoms with van der Waals surface area (Å²) in [6.07, 6.45) is -1.29. The topological polar surface area (TPSA) is 46.5 Å². The lowest BCUT2D eigenvalue weighted by Gasteiger charge is -2.05. The summed E-state index contributed by atoms with van der Waals surface area (Å²) in [5.74, 6) is 1.77. The molecule has 4 heteroatoms. The van der Waals surface area contributed by atoms with Gasteiger partial charge in [-0.25, -0.2) is 4.79 Å². The van der Waals surface area contributed by atoms with Gasteiger partial charge in [0, 0.05) is 0 Å². The van der Waals surface area contributed by atoms with Gasteiger partial charge in [0.2, 0.25) is 6.10 Å². The molecule has 0 radical (unpaired) electrons. The van der Waals surface area contributed by atoms with Gasteiger partial charge in [-0.2, -0.15) is 0 Å². The van der Waals surface area contributed by atoms with Crippen LogP contribution in [-0.4, -0.2) is 32.4 Å². The van der Waals surface area contributed by atoms with Gasteiger partial charge in [-0.3, -0.25) is 0 Å². The van der Waals surface area contributed by atoms with Crippen molar-refractivity contribution in [2.24, 2.45) is 0 Å². The Labute approximate surface area is 73.7 Å². The number of hydrogen-bond acceptors (Lipinski definition) is 3. The average molecular weight is 186 g/mol. The number of carbonyl (C=O) groups excluding carboxylic acids is 1. The van der Waals surface area contributed by atoms with E-state index in [-0.39, 0.29) is 0 Å². The Hall–Kier alpha value is -0.793. The number of esters is 1. The van der Waals surface area contributed by atoms with Crippen LogP contribution in [0.1, 0.15) is 0 Å². The van der Waals surface area contributed by atoms with Crippen LogP contribution in [0.5, 0.6) is 0 Å². The Morgan fingerprint density at radius 3 is 2.33 bits per heavy atom. The molecule has 0 bridgehead atoms. The summed E-state index contributed by atoms with van der Waals surface area (Å²) in [6.45, 7) is 6.10. The normalized spacial score (nSPS) is 12.8. The monoisotopic (exact) mass is 186 g/mol. The summed E-state index contributed by atoms with van der Waals surface area (Å²) in [5, 5.41) is 9.06. The highest BCUT2D eigenvalue weighted by Crippen LogP contribution is 1.97. The molecule has 0 aliphatic carbocycles. The Morgan fingerprint density at radius 1 is 1.50 bits per heavy atom. The van der Waals surface area contributed by atoms with Crippen molar-refractivity contribution in [2.45, 2.75) is 25.7 Å². The Bertz CT molecular complexity index is 219. The van der Waals surface area contributed by atoms with Crippen molar-refractivity contribution in [2.75, 3.05) is 7.11 Å². The molecule has 1 unspecified atom stereocenters. The maximum atomic E-state index is 10.7. The van der Waals surface area contributed by atoms with Crippen molar-refractivity contribution >= 4 is 14.0 Å². The first-order valence-electron chi connectivity index (χ1n) is 3.65. The van der Waals surface area contributed by atoms with Gasteiger partial charge in [-0.05, 0) is 0 Å². The SMILES string of the molecule is COC(=O)C(O)C#C[Si](C)(C)C. The van der Waals surface area contributed by atoms with Gasteiger partial charge in [-0.15, -0.1) is 5.54 Å². The standard InChI is InChI=1S/C8H14O3Si/c1-11-8(10)7(9)5-6-12(2,3)4/h7,9H,1-4H3. The fraction of sp³-hybridized carbons (Fsp3) is 0.625. The van der Waals surface area contributed by atoms with E-state index in [1.54, 1.807) is 0 Å². The van der Waals surface area contributed by atoms with Crippen LogP contribution >= 0.6 is 0 Å². The van der Waals surface area contributed by atoms with Crippen LogP contribution < -0.4 is 0 Å². The zero-order valence-corrected chi connectivity index (χ0v) is 8.84. The fourth-order valence-corrected chi connectivity index (χ4v) is 1.03. The van der Waals surface area contributed by atoms with Crippen molar-refractivity contribution in [3.63, 3.8) is 0 Å². The Kier molecular flexibility index (Phi) is 4.00. The molecular weight excluding hydrogens is 172 g/mol. The number of rotatable bonds is 1. The molecule has 0 fully saturated rings. The summed E-state index contributed by atoms with van der Waals surface area (Å²) in [5.41, 5.74) is 2.87. The molecule has 0 spiro atoms. The number of carbonyl (C=O) groups is 1. The third-order valence-electron chi connectivity index (χ3n) is 1.01. The lowest BCUT2D eigenvalue weighted by molar-refractivity contribution is -0.147. The van der Waals surface area contributed by atoms with Crippen LogP contribution in [0.2, 0.25) is 19.6 Å². The lowest BCUT2D eigenvalue weighted by atomic mass is 10.4. The molecule has 0 saturated heterocycles. The van der Waals surface area contributed by atoms with Crippen LogP contribution in [0.15, 0.2) is 0 Å². The molecule has 0 rings (SSSR count). The van der Waals surface area contributed by atoms with E-state index in [1.807, 2.05) is 19.6 Å². The average Bonchev–Trinajstić information content (AvgIpc) is 1.97. The molecule has 1 atom stereocenters. The van der Waals surface area contributed by atoms with E-state index in [9.17, 15) is 4.79 Å². The lowest BCUT2D eigenvalue weighted by Crippen LogP contribution is -2.22. The first-order valence-corrected chi connectivity index (χ1v) is 7.15. The second-order valence-electron chi connectivity index (χ2n) is 3.45. The van der Waals surface area contributed by atoms with Gasteiger partial charge in [0.1, 0.15) is 8.07 Å². The van der Waals surface area contributed by atoms with Crippen LogP contribution in [-0.2, 0) is 9.53 Å². The predicted octanol–water partition coefficient (Wildman–Crippen LogP) is 0.401. The third kappa shape index (κ3) is 4.94. The first kappa shape index (κ1) is 11.2. The fourth-order valence-electron chi connectivity index (χ4n) is 0.455. The second-order valence-corrected chi connectivity index (χ2v) is 8.20. The summed E-state index contributed by atoms with van der Waals surface area (Å²) in [6, 6.07) is 0. The van der Waals surface area contributed by atoms with Gasteiger partial charge in [0.05, 0.1) is 7.11 Å². The predicted molar refractivity (Wildman–Crippen MR) is 49.1 cm³/mol. The molecule has 0 amide bonds.